The van der Waals surface area contributed by atoms with Crippen LogP contribution in [0.3, 0.4) is 0 Å². The van der Waals surface area contributed by atoms with Crippen molar-refractivity contribution in [2.24, 2.45) is 52.3 Å². The largest absolute Gasteiger partial charge is 0.391 e. The summed E-state index contributed by atoms with van der Waals surface area (Å²) in [5, 5.41) is 0. The van der Waals surface area contributed by atoms with E-state index >= 15 is 0 Å². The average Bonchev–Trinajstić information content (AvgIpc) is 1.23. The highest BCUT2D eigenvalue weighted by atomic mass is 31.2. The standard InChI is InChI=1S/C78H106O6P2/c1-13-17-20-23-26-29-34-39-44-49-54-60-80-85(63-57-52-47-42-37-32-33-38-43-48-53-59-79)83-75-64-68(5)71(66-73(75)77(7,8)9)70(58-16-4)72-67-74(78(10,11)12)76(65-69(72)6)84-86(81-61-55-50-45-40-35-30-27-24-21-18-14-2)82-62-56-51-46-41-36-31-28-25-22-19-15-3/h63,68-76H,14-16,18-19,21-22,24-25,27-28,30-31,35-36,40-41,45-46,50-51,55-56,58,61-62,64-67H2,1-12H3. The molecule has 0 saturated heterocycles. The third-order valence-electron chi connectivity index (χ3n) is 16.6. The van der Waals surface area contributed by atoms with Crippen LogP contribution in [0.5, 0.6) is 0 Å². The third kappa shape index (κ3) is 36.9. The van der Waals surface area contributed by atoms with Crippen LogP contribution in [0.4, 0.5) is 0 Å². The normalized spacial score (nSPS) is 19.8. The van der Waals surface area contributed by atoms with Gasteiger partial charge in [0.2, 0.25) is 0 Å². The first-order chi connectivity index (χ1) is 41.7. The summed E-state index contributed by atoms with van der Waals surface area (Å²) in [6, 6.07) is 0. The van der Waals surface area contributed by atoms with Gasteiger partial charge in [-0.1, -0.05) is 229 Å². The quantitative estimate of drug-likeness (QED) is 0.0205. The van der Waals surface area contributed by atoms with Crippen molar-refractivity contribution < 1.29 is 27.4 Å². The summed E-state index contributed by atoms with van der Waals surface area (Å²) in [4.78, 5) is 10.2. The molecule has 2 aliphatic rings. The fourth-order valence-electron chi connectivity index (χ4n) is 12.1. The first-order valence-electron chi connectivity index (χ1n) is 32.9. The van der Waals surface area contributed by atoms with Crippen LogP contribution in [-0.2, 0) is 27.4 Å². The van der Waals surface area contributed by atoms with Gasteiger partial charge in [0.1, 0.15) is 6.11 Å². The number of unbranched alkanes of at least 4 members (excludes halogenated alkanes) is 20. The van der Waals surface area contributed by atoms with Gasteiger partial charge in [0.15, 0.2) is 5.94 Å². The van der Waals surface area contributed by atoms with Gasteiger partial charge in [-0.25, -0.2) is 4.79 Å². The molecular formula is C78H106O6P2. The lowest BCUT2D eigenvalue weighted by Gasteiger charge is -2.53. The number of hydrogen-bond acceptors (Lipinski definition) is 6. The Hall–Kier alpha value is -5.11. The van der Waals surface area contributed by atoms with E-state index in [4.69, 9.17) is 22.6 Å². The molecule has 0 N–H and O–H groups in total. The number of rotatable bonds is 36. The summed E-state index contributed by atoms with van der Waals surface area (Å²) < 4.78 is 33.7. The minimum absolute atomic E-state index is 0.0453. The maximum absolute atomic E-state index is 10.2. The van der Waals surface area contributed by atoms with Crippen LogP contribution < -0.4 is 0 Å². The molecule has 10 atom stereocenters. The molecule has 2 saturated carbocycles. The second kappa shape index (κ2) is 49.8. The second-order valence-corrected chi connectivity index (χ2v) is 27.9. The van der Waals surface area contributed by atoms with Crippen LogP contribution in [0.2, 0.25) is 0 Å². The highest BCUT2D eigenvalue weighted by Crippen LogP contribution is 2.57. The molecule has 2 rings (SSSR count). The van der Waals surface area contributed by atoms with Crippen molar-refractivity contribution in [1.82, 2.24) is 0 Å². The maximum atomic E-state index is 10.2. The van der Waals surface area contributed by atoms with E-state index in [1.807, 2.05) is 0 Å². The van der Waals surface area contributed by atoms with Crippen molar-refractivity contribution in [1.29, 1.82) is 0 Å². The van der Waals surface area contributed by atoms with Gasteiger partial charge in [-0.3, -0.25) is 0 Å². The Morgan fingerprint density at radius 2 is 0.826 bits per heavy atom. The van der Waals surface area contributed by atoms with Crippen LogP contribution in [0.25, 0.3) is 0 Å². The molecule has 0 spiro atoms. The highest BCUT2D eigenvalue weighted by molar-refractivity contribution is 7.50. The van der Waals surface area contributed by atoms with E-state index in [1.165, 1.54) is 141 Å². The molecule has 0 aromatic heterocycles. The van der Waals surface area contributed by atoms with Crippen LogP contribution >= 0.6 is 17.0 Å². The molecule has 86 heavy (non-hydrogen) atoms. The molecule has 6 nitrogen and oxygen atoms in total. The molecule has 464 valence electrons. The van der Waals surface area contributed by atoms with E-state index < -0.39 is 17.0 Å². The Bertz CT molecular complexity index is 2820. The molecule has 0 aromatic carbocycles. The molecule has 2 aliphatic carbocycles. The lowest BCUT2D eigenvalue weighted by molar-refractivity contribution is -0.0748. The summed E-state index contributed by atoms with van der Waals surface area (Å²) in [6.07, 6.45) is 38.0. The van der Waals surface area contributed by atoms with Crippen molar-refractivity contribution in [3.05, 3.63) is 68.9 Å². The van der Waals surface area contributed by atoms with Crippen LogP contribution in [0, 0.1) is 123 Å². The average molecular weight is 1200 g/mol. The SMILES string of the molecule is CC#CC#CC#CC#CC#CC#COP(C=C=C=C=C=C=C=C=C=C=C=C=C=O)OC1CC(C)C(C(CCC)C2CC(C(C)(C)C)C(OP(OCCCCCCCCCCCCC)OCCCCCCCCCCCCC)CC2C)CC1C(C)(C)C. The van der Waals surface area contributed by atoms with E-state index in [1.54, 1.807) is 12.7 Å². The van der Waals surface area contributed by atoms with Gasteiger partial charge in [-0.05, 0) is 156 Å². The first kappa shape index (κ1) is 77.0. The zero-order valence-corrected chi connectivity index (χ0v) is 57.1. The minimum atomic E-state index is -1.70. The summed E-state index contributed by atoms with van der Waals surface area (Å²) in [5.41, 5.74) is 28.4. The summed E-state index contributed by atoms with van der Waals surface area (Å²) in [6.45, 7) is 29.3. The molecular weight excluding hydrogens is 1090 g/mol. The molecule has 8 heteroatoms. The molecule has 0 amide bonds. The molecule has 0 radical (unpaired) electrons. The van der Waals surface area contributed by atoms with Crippen LogP contribution in [-0.4, -0.2) is 31.4 Å². The first-order valence-corrected chi connectivity index (χ1v) is 35.3. The van der Waals surface area contributed by atoms with E-state index in [9.17, 15) is 4.79 Å². The fourth-order valence-corrected chi connectivity index (χ4v) is 14.3. The van der Waals surface area contributed by atoms with E-state index in [0.29, 0.717) is 48.7 Å². The Kier molecular flexibility index (Phi) is 44.6. The molecule has 10 unspecified atom stereocenters. The van der Waals surface area contributed by atoms with Gasteiger partial charge >= 0.3 is 8.60 Å². The zero-order valence-electron chi connectivity index (χ0n) is 55.3. The Morgan fingerprint density at radius 3 is 1.22 bits per heavy atom. The minimum Gasteiger partial charge on any atom is -0.391 e. The predicted molar refractivity (Wildman–Crippen MR) is 359 cm³/mol. The van der Waals surface area contributed by atoms with Crippen LogP contribution in [0.15, 0.2) is 68.9 Å². The predicted octanol–water partition coefficient (Wildman–Crippen LogP) is 20.8. The van der Waals surface area contributed by atoms with E-state index in [0.717, 1.165) is 44.9 Å². The monoisotopic (exact) mass is 1200 g/mol. The van der Waals surface area contributed by atoms with Crippen molar-refractivity contribution >= 4 is 22.9 Å². The lowest BCUT2D eigenvalue weighted by Crippen LogP contribution is -2.48. The smallest absolute Gasteiger partial charge is 0.332 e. The Morgan fingerprint density at radius 1 is 0.453 bits per heavy atom. The topological polar surface area (TPSA) is 63.2 Å². The summed E-state index contributed by atoms with van der Waals surface area (Å²) in [5.74, 6) is 35.6. The number of hydrogen-bond donors (Lipinski definition) is 0. The van der Waals surface area contributed by atoms with Gasteiger partial charge in [0, 0.05) is 58.3 Å². The lowest BCUT2D eigenvalue weighted by atomic mass is 9.54. The summed E-state index contributed by atoms with van der Waals surface area (Å²) >= 11 is 0. The fraction of sp³-hybridized carbons (Fsp3) is 0.679. The van der Waals surface area contributed by atoms with Gasteiger partial charge in [-0.15, -0.1) is 0 Å². The molecule has 0 aromatic rings. The molecule has 0 heterocycles. The Labute approximate surface area is 528 Å². The Balaban J connectivity index is 2.39. The van der Waals surface area contributed by atoms with Crippen molar-refractivity contribution in [2.75, 3.05) is 13.2 Å². The van der Waals surface area contributed by atoms with Gasteiger partial charge in [0.05, 0.1) is 31.2 Å². The van der Waals surface area contributed by atoms with E-state index in [2.05, 4.69) is 210 Å². The molecule has 2 fully saturated rings. The second-order valence-electron chi connectivity index (χ2n) is 25.5. The van der Waals surface area contributed by atoms with Crippen molar-refractivity contribution in [3.8, 4) is 71.2 Å². The van der Waals surface area contributed by atoms with Gasteiger partial charge in [0.25, 0.3) is 8.38 Å². The molecule has 0 aliphatic heterocycles. The van der Waals surface area contributed by atoms with E-state index in [-0.39, 0.29) is 29.0 Å². The number of carbonyl (C=O) groups excluding carboxylic acids is 1. The van der Waals surface area contributed by atoms with Crippen LogP contribution in [0.1, 0.15) is 263 Å². The van der Waals surface area contributed by atoms with Gasteiger partial charge < -0.3 is 22.6 Å². The molecule has 0 bridgehead atoms. The third-order valence-corrected chi connectivity index (χ3v) is 19.0. The van der Waals surface area contributed by atoms with Crippen molar-refractivity contribution in [2.45, 2.75) is 275 Å². The van der Waals surface area contributed by atoms with Crippen molar-refractivity contribution in [3.63, 3.8) is 0 Å². The zero-order chi connectivity index (χ0) is 62.8. The highest BCUT2D eigenvalue weighted by Gasteiger charge is 2.50. The summed E-state index contributed by atoms with van der Waals surface area (Å²) in [7, 11) is -3.15. The maximum Gasteiger partial charge on any atom is 0.332 e. The van der Waals surface area contributed by atoms with Gasteiger partial charge in [-0.2, -0.15) is 0 Å².